The molecule has 2 aromatic rings. The first-order valence-electron chi connectivity index (χ1n) is 6.23. The Kier molecular flexibility index (Phi) is 5.18. The van der Waals surface area contributed by atoms with Gasteiger partial charge in [0.2, 0.25) is 0 Å². The number of carbonyl (C=O) groups excluding carboxylic acids is 1. The molecule has 2 rings (SSSR count). The van der Waals surface area contributed by atoms with Gasteiger partial charge in [0.25, 0.3) is 0 Å². The minimum absolute atomic E-state index is 0.378. The number of methoxy groups -OCH3 is 1. The standard InChI is InChI=1S/C16H15BrO3/c1-19-16(18)15(11-12-5-3-2-4-6-12)20-14-9-7-13(17)8-10-14/h2-10,15H,11H2,1H3/t15-/m0/s1. The van der Waals surface area contributed by atoms with E-state index >= 15 is 0 Å². The first kappa shape index (κ1) is 14.6. The molecule has 0 N–H and O–H groups in total. The lowest BCUT2D eigenvalue weighted by atomic mass is 10.1. The quantitative estimate of drug-likeness (QED) is 0.783. The van der Waals surface area contributed by atoms with E-state index in [1.54, 1.807) is 0 Å². The number of halogens is 1. The fraction of sp³-hybridized carbons (Fsp3) is 0.188. The molecule has 0 fully saturated rings. The molecule has 0 aromatic heterocycles. The van der Waals surface area contributed by atoms with E-state index in [9.17, 15) is 4.79 Å². The predicted octanol–water partition coefficient (Wildman–Crippen LogP) is 3.61. The first-order valence-corrected chi connectivity index (χ1v) is 7.02. The highest BCUT2D eigenvalue weighted by Crippen LogP contribution is 2.19. The van der Waals surface area contributed by atoms with Crippen LogP contribution < -0.4 is 4.74 Å². The van der Waals surface area contributed by atoms with E-state index in [4.69, 9.17) is 9.47 Å². The highest BCUT2D eigenvalue weighted by atomic mass is 79.9. The predicted molar refractivity (Wildman–Crippen MR) is 80.7 cm³/mol. The molecule has 0 amide bonds. The van der Waals surface area contributed by atoms with Crippen molar-refractivity contribution in [1.82, 2.24) is 0 Å². The summed E-state index contributed by atoms with van der Waals surface area (Å²) < 4.78 is 11.5. The number of rotatable bonds is 5. The maximum absolute atomic E-state index is 11.8. The molecule has 1 atom stereocenters. The maximum Gasteiger partial charge on any atom is 0.347 e. The van der Waals surface area contributed by atoms with Crippen LogP contribution in [0, 0.1) is 0 Å². The lowest BCUT2D eigenvalue weighted by Gasteiger charge is -2.17. The Morgan fingerprint density at radius 1 is 1.10 bits per heavy atom. The van der Waals surface area contributed by atoms with Crippen LogP contribution in [0.4, 0.5) is 0 Å². The summed E-state index contributed by atoms with van der Waals surface area (Å²) in [5, 5.41) is 0. The highest BCUT2D eigenvalue weighted by molar-refractivity contribution is 9.10. The van der Waals surface area contributed by atoms with Crippen molar-refractivity contribution in [2.45, 2.75) is 12.5 Å². The molecule has 0 bridgehead atoms. The van der Waals surface area contributed by atoms with Gasteiger partial charge in [-0.1, -0.05) is 46.3 Å². The molecular weight excluding hydrogens is 320 g/mol. The molecule has 104 valence electrons. The van der Waals surface area contributed by atoms with Gasteiger partial charge in [0.05, 0.1) is 7.11 Å². The molecule has 0 heterocycles. The van der Waals surface area contributed by atoms with E-state index in [1.165, 1.54) is 7.11 Å². The Morgan fingerprint density at radius 3 is 2.35 bits per heavy atom. The van der Waals surface area contributed by atoms with Crippen LogP contribution in [0.2, 0.25) is 0 Å². The third kappa shape index (κ3) is 4.10. The molecule has 2 aromatic carbocycles. The third-order valence-corrected chi connectivity index (χ3v) is 3.35. The van der Waals surface area contributed by atoms with E-state index in [2.05, 4.69) is 15.9 Å². The van der Waals surface area contributed by atoms with Gasteiger partial charge in [-0.05, 0) is 29.8 Å². The second-order valence-electron chi connectivity index (χ2n) is 4.27. The lowest BCUT2D eigenvalue weighted by Crippen LogP contribution is -2.30. The van der Waals surface area contributed by atoms with Crippen LogP contribution in [0.3, 0.4) is 0 Å². The first-order chi connectivity index (χ1) is 9.69. The topological polar surface area (TPSA) is 35.5 Å². The summed E-state index contributed by atoms with van der Waals surface area (Å²) >= 11 is 3.36. The summed E-state index contributed by atoms with van der Waals surface area (Å²) in [7, 11) is 1.37. The smallest absolute Gasteiger partial charge is 0.347 e. The molecular formula is C16H15BrO3. The molecule has 0 radical (unpaired) electrons. The summed E-state index contributed by atoms with van der Waals surface area (Å²) in [5.41, 5.74) is 1.03. The largest absolute Gasteiger partial charge is 0.478 e. The van der Waals surface area contributed by atoms with Crippen LogP contribution in [-0.4, -0.2) is 19.2 Å². The van der Waals surface area contributed by atoms with Gasteiger partial charge in [0.1, 0.15) is 5.75 Å². The van der Waals surface area contributed by atoms with Gasteiger partial charge in [0, 0.05) is 10.9 Å². The van der Waals surface area contributed by atoms with Crippen molar-refractivity contribution in [3.05, 3.63) is 64.6 Å². The Hall–Kier alpha value is -1.81. The summed E-state index contributed by atoms with van der Waals surface area (Å²) in [6.07, 6.45) is -0.174. The number of ether oxygens (including phenoxy) is 2. The van der Waals surface area contributed by atoms with Gasteiger partial charge in [-0.15, -0.1) is 0 Å². The zero-order chi connectivity index (χ0) is 14.4. The van der Waals surface area contributed by atoms with E-state index < -0.39 is 6.10 Å². The zero-order valence-corrected chi connectivity index (χ0v) is 12.7. The van der Waals surface area contributed by atoms with Crippen molar-refractivity contribution in [2.75, 3.05) is 7.11 Å². The van der Waals surface area contributed by atoms with E-state index in [1.807, 2.05) is 54.6 Å². The summed E-state index contributed by atoms with van der Waals surface area (Å²) in [6.45, 7) is 0. The van der Waals surface area contributed by atoms with Crippen molar-refractivity contribution in [3.8, 4) is 5.75 Å². The number of benzene rings is 2. The minimum Gasteiger partial charge on any atom is -0.478 e. The Morgan fingerprint density at radius 2 is 1.75 bits per heavy atom. The van der Waals surface area contributed by atoms with Crippen LogP contribution >= 0.6 is 15.9 Å². The van der Waals surface area contributed by atoms with Crippen molar-refractivity contribution < 1.29 is 14.3 Å². The van der Waals surface area contributed by atoms with Crippen molar-refractivity contribution in [1.29, 1.82) is 0 Å². The van der Waals surface area contributed by atoms with E-state index in [0.29, 0.717) is 12.2 Å². The lowest BCUT2D eigenvalue weighted by molar-refractivity contribution is -0.148. The highest BCUT2D eigenvalue weighted by Gasteiger charge is 2.21. The van der Waals surface area contributed by atoms with Gasteiger partial charge in [-0.25, -0.2) is 4.79 Å². The average Bonchev–Trinajstić information content (AvgIpc) is 2.49. The van der Waals surface area contributed by atoms with Crippen molar-refractivity contribution in [2.24, 2.45) is 0 Å². The minimum atomic E-state index is -0.649. The SMILES string of the molecule is COC(=O)[C@H](Cc1ccccc1)Oc1ccc(Br)cc1. The van der Waals surface area contributed by atoms with Crippen LogP contribution in [0.25, 0.3) is 0 Å². The maximum atomic E-state index is 11.8. The van der Waals surface area contributed by atoms with Gasteiger partial charge >= 0.3 is 5.97 Å². The molecule has 0 spiro atoms. The fourth-order valence-electron chi connectivity index (χ4n) is 1.81. The second-order valence-corrected chi connectivity index (χ2v) is 5.19. The summed E-state index contributed by atoms with van der Waals surface area (Å²) in [4.78, 5) is 11.8. The number of esters is 1. The average molecular weight is 335 g/mol. The Labute approximate surface area is 126 Å². The number of hydrogen-bond donors (Lipinski definition) is 0. The van der Waals surface area contributed by atoms with Gasteiger partial charge in [0.15, 0.2) is 6.10 Å². The Balaban J connectivity index is 2.11. The summed E-state index contributed by atoms with van der Waals surface area (Å²) in [5.74, 6) is 0.260. The molecule has 3 nitrogen and oxygen atoms in total. The monoisotopic (exact) mass is 334 g/mol. The molecule has 20 heavy (non-hydrogen) atoms. The second kappa shape index (κ2) is 7.10. The molecule has 0 aliphatic carbocycles. The van der Waals surface area contributed by atoms with Crippen LogP contribution in [0.1, 0.15) is 5.56 Å². The van der Waals surface area contributed by atoms with Crippen LogP contribution in [-0.2, 0) is 16.0 Å². The van der Waals surface area contributed by atoms with Gasteiger partial charge < -0.3 is 9.47 Å². The molecule has 0 aliphatic heterocycles. The number of carbonyl (C=O) groups is 1. The van der Waals surface area contributed by atoms with Crippen molar-refractivity contribution in [3.63, 3.8) is 0 Å². The Bertz CT molecular complexity index is 552. The van der Waals surface area contributed by atoms with Crippen LogP contribution in [0.15, 0.2) is 59.1 Å². The normalized spacial score (nSPS) is 11.7. The van der Waals surface area contributed by atoms with Crippen LogP contribution in [0.5, 0.6) is 5.75 Å². The number of hydrogen-bond acceptors (Lipinski definition) is 3. The molecule has 4 heteroatoms. The summed E-state index contributed by atoms with van der Waals surface area (Å²) in [6, 6.07) is 17.1. The molecule has 0 saturated heterocycles. The molecule has 0 aliphatic rings. The van der Waals surface area contributed by atoms with E-state index in [0.717, 1.165) is 10.0 Å². The third-order valence-electron chi connectivity index (χ3n) is 2.82. The zero-order valence-electron chi connectivity index (χ0n) is 11.1. The van der Waals surface area contributed by atoms with Gasteiger partial charge in [-0.3, -0.25) is 0 Å². The fourth-order valence-corrected chi connectivity index (χ4v) is 2.07. The molecule has 0 unspecified atom stereocenters. The van der Waals surface area contributed by atoms with Gasteiger partial charge in [-0.2, -0.15) is 0 Å². The van der Waals surface area contributed by atoms with Crippen molar-refractivity contribution >= 4 is 21.9 Å². The van der Waals surface area contributed by atoms with E-state index in [-0.39, 0.29) is 5.97 Å². The molecule has 0 saturated carbocycles.